The minimum absolute atomic E-state index is 0.272. The van der Waals surface area contributed by atoms with Gasteiger partial charge >= 0.3 is 0 Å². The SMILES string of the molecule is Cc1ccc([C@H](O)[C@H](O)CO)o1. The van der Waals surface area contributed by atoms with Crippen LogP contribution in [-0.4, -0.2) is 28.0 Å². The fourth-order valence-electron chi connectivity index (χ4n) is 0.902. The van der Waals surface area contributed by atoms with E-state index in [0.29, 0.717) is 5.76 Å². The Morgan fingerprint density at radius 1 is 1.42 bits per heavy atom. The molecule has 4 nitrogen and oxygen atoms in total. The first-order valence-electron chi connectivity index (χ1n) is 3.68. The summed E-state index contributed by atoms with van der Waals surface area (Å²) in [6, 6.07) is 3.25. The summed E-state index contributed by atoms with van der Waals surface area (Å²) in [5, 5.41) is 26.8. The summed E-state index contributed by atoms with van der Waals surface area (Å²) < 4.78 is 5.05. The Balaban J connectivity index is 2.70. The molecule has 0 bridgehead atoms. The zero-order chi connectivity index (χ0) is 9.14. The average molecular weight is 172 g/mol. The van der Waals surface area contributed by atoms with E-state index in [9.17, 15) is 5.11 Å². The molecule has 0 aliphatic rings. The first-order valence-corrected chi connectivity index (χ1v) is 3.68. The lowest BCUT2D eigenvalue weighted by Gasteiger charge is -2.12. The van der Waals surface area contributed by atoms with Crippen LogP contribution in [0.3, 0.4) is 0 Å². The third kappa shape index (κ3) is 1.85. The molecule has 1 aromatic heterocycles. The van der Waals surface area contributed by atoms with Gasteiger partial charge in [-0.25, -0.2) is 0 Å². The lowest BCUT2D eigenvalue weighted by Crippen LogP contribution is -2.21. The molecule has 0 amide bonds. The Morgan fingerprint density at radius 3 is 2.50 bits per heavy atom. The van der Waals surface area contributed by atoms with Crippen LogP contribution in [0.2, 0.25) is 0 Å². The summed E-state index contributed by atoms with van der Waals surface area (Å²) >= 11 is 0. The standard InChI is InChI=1S/C8H12O4/c1-5-2-3-7(12-5)8(11)6(10)4-9/h2-3,6,8-11H,4H2,1H3/t6-,8-/m1/s1. The minimum Gasteiger partial charge on any atom is -0.464 e. The summed E-state index contributed by atoms with van der Waals surface area (Å²) in [5.74, 6) is 0.934. The van der Waals surface area contributed by atoms with E-state index in [1.165, 1.54) is 0 Å². The zero-order valence-electron chi connectivity index (χ0n) is 6.77. The van der Waals surface area contributed by atoms with Gasteiger partial charge in [-0.1, -0.05) is 0 Å². The minimum atomic E-state index is -1.18. The monoisotopic (exact) mass is 172 g/mol. The predicted octanol–water partition coefficient (Wildman–Crippen LogP) is -0.0254. The van der Waals surface area contributed by atoms with Crippen molar-refractivity contribution in [1.82, 2.24) is 0 Å². The van der Waals surface area contributed by atoms with Gasteiger partial charge < -0.3 is 19.7 Å². The molecule has 1 aromatic rings. The predicted molar refractivity (Wildman–Crippen MR) is 41.5 cm³/mol. The van der Waals surface area contributed by atoms with Crippen LogP contribution in [0, 0.1) is 6.92 Å². The number of aryl methyl sites for hydroxylation is 1. The third-order valence-electron chi connectivity index (χ3n) is 1.60. The molecule has 2 atom stereocenters. The van der Waals surface area contributed by atoms with Crippen molar-refractivity contribution in [3.05, 3.63) is 23.7 Å². The van der Waals surface area contributed by atoms with E-state index in [1.807, 2.05) is 0 Å². The van der Waals surface area contributed by atoms with Gasteiger partial charge in [0.2, 0.25) is 0 Å². The molecular formula is C8H12O4. The number of hydrogen-bond acceptors (Lipinski definition) is 4. The summed E-state index contributed by atoms with van der Waals surface area (Å²) in [6.45, 7) is 1.25. The van der Waals surface area contributed by atoms with Crippen molar-refractivity contribution in [2.24, 2.45) is 0 Å². The average Bonchev–Trinajstić information content (AvgIpc) is 2.49. The Labute approximate surface area is 70.1 Å². The smallest absolute Gasteiger partial charge is 0.140 e. The van der Waals surface area contributed by atoms with Crippen LogP contribution >= 0.6 is 0 Å². The molecule has 12 heavy (non-hydrogen) atoms. The first kappa shape index (κ1) is 9.25. The fourth-order valence-corrected chi connectivity index (χ4v) is 0.902. The quantitative estimate of drug-likeness (QED) is 0.598. The highest BCUT2D eigenvalue weighted by molar-refractivity contribution is 5.09. The van der Waals surface area contributed by atoms with Gasteiger partial charge in [-0.3, -0.25) is 0 Å². The molecule has 0 radical (unpaired) electrons. The summed E-state index contributed by atoms with van der Waals surface area (Å²) in [7, 11) is 0. The maximum absolute atomic E-state index is 9.30. The Kier molecular flexibility index (Phi) is 2.86. The number of aliphatic hydroxyl groups is 3. The van der Waals surface area contributed by atoms with E-state index in [4.69, 9.17) is 14.6 Å². The molecule has 0 spiro atoms. The van der Waals surface area contributed by atoms with E-state index in [0.717, 1.165) is 0 Å². The Hall–Kier alpha value is -0.840. The lowest BCUT2D eigenvalue weighted by atomic mass is 10.2. The van der Waals surface area contributed by atoms with Crippen LogP contribution in [0.1, 0.15) is 17.6 Å². The van der Waals surface area contributed by atoms with E-state index in [-0.39, 0.29) is 5.76 Å². The normalized spacial score (nSPS) is 16.0. The van der Waals surface area contributed by atoms with Gasteiger partial charge in [-0.2, -0.15) is 0 Å². The van der Waals surface area contributed by atoms with Gasteiger partial charge in [-0.05, 0) is 19.1 Å². The fraction of sp³-hybridized carbons (Fsp3) is 0.500. The van der Waals surface area contributed by atoms with E-state index < -0.39 is 18.8 Å². The molecule has 0 aliphatic heterocycles. The molecule has 0 fully saturated rings. The molecule has 1 heterocycles. The van der Waals surface area contributed by atoms with Crippen molar-refractivity contribution in [2.75, 3.05) is 6.61 Å². The molecule has 68 valence electrons. The van der Waals surface area contributed by atoms with Crippen LogP contribution in [0.5, 0.6) is 0 Å². The second kappa shape index (κ2) is 3.71. The van der Waals surface area contributed by atoms with Crippen molar-refractivity contribution < 1.29 is 19.7 Å². The first-order chi connectivity index (χ1) is 5.65. The lowest BCUT2D eigenvalue weighted by molar-refractivity contribution is -0.0254. The second-order valence-electron chi connectivity index (χ2n) is 2.64. The van der Waals surface area contributed by atoms with E-state index in [1.54, 1.807) is 19.1 Å². The van der Waals surface area contributed by atoms with Crippen molar-refractivity contribution in [3.63, 3.8) is 0 Å². The van der Waals surface area contributed by atoms with Crippen molar-refractivity contribution in [2.45, 2.75) is 19.1 Å². The van der Waals surface area contributed by atoms with Gasteiger partial charge in [0.25, 0.3) is 0 Å². The molecule has 0 unspecified atom stereocenters. The molecule has 0 aliphatic carbocycles. The van der Waals surface area contributed by atoms with Gasteiger partial charge in [0.1, 0.15) is 23.7 Å². The van der Waals surface area contributed by atoms with Crippen molar-refractivity contribution in [1.29, 1.82) is 0 Å². The zero-order valence-corrected chi connectivity index (χ0v) is 6.77. The molecule has 1 rings (SSSR count). The van der Waals surface area contributed by atoms with E-state index in [2.05, 4.69) is 0 Å². The number of furan rings is 1. The maximum Gasteiger partial charge on any atom is 0.140 e. The van der Waals surface area contributed by atoms with Crippen LogP contribution in [0.25, 0.3) is 0 Å². The molecule has 4 heteroatoms. The summed E-state index contributed by atoms with van der Waals surface area (Å²) in [5.41, 5.74) is 0. The molecule has 3 N–H and O–H groups in total. The molecule has 0 saturated heterocycles. The highest BCUT2D eigenvalue weighted by Gasteiger charge is 2.19. The van der Waals surface area contributed by atoms with Gasteiger partial charge in [0.15, 0.2) is 0 Å². The highest BCUT2D eigenvalue weighted by Crippen LogP contribution is 2.18. The Morgan fingerprint density at radius 2 is 2.08 bits per heavy atom. The Bertz CT molecular complexity index is 243. The number of aliphatic hydroxyl groups excluding tert-OH is 3. The van der Waals surface area contributed by atoms with E-state index >= 15 is 0 Å². The van der Waals surface area contributed by atoms with Gasteiger partial charge in [0.05, 0.1) is 6.61 Å². The number of rotatable bonds is 3. The third-order valence-corrected chi connectivity index (χ3v) is 1.60. The summed E-state index contributed by atoms with van der Waals surface area (Å²) in [6.07, 6.45) is -2.33. The highest BCUT2D eigenvalue weighted by atomic mass is 16.4. The van der Waals surface area contributed by atoms with Crippen LogP contribution < -0.4 is 0 Å². The largest absolute Gasteiger partial charge is 0.464 e. The van der Waals surface area contributed by atoms with Gasteiger partial charge in [-0.15, -0.1) is 0 Å². The number of hydrogen-bond donors (Lipinski definition) is 3. The van der Waals surface area contributed by atoms with Crippen LogP contribution in [0.4, 0.5) is 0 Å². The van der Waals surface area contributed by atoms with Crippen molar-refractivity contribution in [3.8, 4) is 0 Å². The molecule has 0 saturated carbocycles. The molecule has 0 aromatic carbocycles. The van der Waals surface area contributed by atoms with Crippen LogP contribution in [0.15, 0.2) is 16.5 Å². The topological polar surface area (TPSA) is 73.8 Å². The summed E-state index contributed by atoms with van der Waals surface area (Å²) in [4.78, 5) is 0. The van der Waals surface area contributed by atoms with Crippen LogP contribution in [-0.2, 0) is 0 Å². The van der Waals surface area contributed by atoms with Gasteiger partial charge in [0, 0.05) is 0 Å². The second-order valence-corrected chi connectivity index (χ2v) is 2.64. The van der Waals surface area contributed by atoms with Crippen molar-refractivity contribution >= 4 is 0 Å². The molecular weight excluding hydrogens is 160 g/mol. The maximum atomic E-state index is 9.30.